The Morgan fingerprint density at radius 3 is 2.67 bits per heavy atom. The van der Waals surface area contributed by atoms with Crippen LogP contribution in [0.1, 0.15) is 46.5 Å². The van der Waals surface area contributed by atoms with Crippen LogP contribution in [0.5, 0.6) is 0 Å². The minimum absolute atomic E-state index is 0.162. The molecule has 0 radical (unpaired) electrons. The van der Waals surface area contributed by atoms with Gasteiger partial charge in [-0.2, -0.15) is 0 Å². The molecule has 5 nitrogen and oxygen atoms in total. The number of guanidine groups is 1. The smallest absolute Gasteiger partial charge is 0.220 e. The molecule has 1 aliphatic carbocycles. The molecule has 1 aliphatic rings. The molecule has 0 saturated heterocycles. The molecule has 0 aromatic carbocycles. The second-order valence-corrected chi connectivity index (χ2v) is 5.01. The van der Waals surface area contributed by atoms with Gasteiger partial charge in [0.25, 0.3) is 0 Å². The Kier molecular flexibility index (Phi) is 6.54. The van der Waals surface area contributed by atoms with Crippen molar-refractivity contribution in [2.75, 3.05) is 13.1 Å². The van der Waals surface area contributed by atoms with Crippen molar-refractivity contribution >= 4 is 11.9 Å². The van der Waals surface area contributed by atoms with Gasteiger partial charge in [0.05, 0.1) is 0 Å². The molecule has 0 bridgehead atoms. The third-order valence-electron chi connectivity index (χ3n) is 2.54. The van der Waals surface area contributed by atoms with Gasteiger partial charge in [-0.3, -0.25) is 9.79 Å². The zero-order valence-electron chi connectivity index (χ0n) is 11.8. The van der Waals surface area contributed by atoms with Gasteiger partial charge in [-0.05, 0) is 40.0 Å². The molecule has 18 heavy (non-hydrogen) atoms. The molecule has 0 atom stereocenters. The van der Waals surface area contributed by atoms with Gasteiger partial charge in [-0.25, -0.2) is 0 Å². The van der Waals surface area contributed by atoms with E-state index in [-0.39, 0.29) is 5.91 Å². The maximum absolute atomic E-state index is 11.5. The van der Waals surface area contributed by atoms with E-state index in [9.17, 15) is 4.79 Å². The van der Waals surface area contributed by atoms with Crippen LogP contribution in [0.25, 0.3) is 0 Å². The number of rotatable bonds is 7. The lowest BCUT2D eigenvalue weighted by molar-refractivity contribution is -0.121. The molecule has 1 amide bonds. The summed E-state index contributed by atoms with van der Waals surface area (Å²) in [5.41, 5.74) is 0. The van der Waals surface area contributed by atoms with E-state index in [1.54, 1.807) is 0 Å². The first-order valence-corrected chi connectivity index (χ1v) is 6.96. The van der Waals surface area contributed by atoms with Crippen LogP contribution in [0, 0.1) is 0 Å². The van der Waals surface area contributed by atoms with Crippen LogP contribution in [0.2, 0.25) is 0 Å². The van der Waals surface area contributed by atoms with E-state index >= 15 is 0 Å². The van der Waals surface area contributed by atoms with E-state index in [0.29, 0.717) is 25.0 Å². The van der Waals surface area contributed by atoms with Gasteiger partial charge in [-0.1, -0.05) is 0 Å². The molecule has 104 valence electrons. The zero-order valence-corrected chi connectivity index (χ0v) is 11.8. The highest BCUT2D eigenvalue weighted by atomic mass is 16.1. The predicted octanol–water partition coefficient (Wildman–Crippen LogP) is 1.01. The van der Waals surface area contributed by atoms with Crippen molar-refractivity contribution in [1.29, 1.82) is 0 Å². The molecule has 0 spiro atoms. The number of hydrogen-bond donors (Lipinski definition) is 3. The standard InChI is InChI=1S/C13H26N4O/c1-4-14-13(16-10(2)3)15-9-5-6-12(18)17-11-7-8-11/h10-11H,4-9H2,1-3H3,(H,17,18)(H2,14,15,16). The molecule has 1 saturated carbocycles. The Hall–Kier alpha value is -1.26. The number of hydrogen-bond acceptors (Lipinski definition) is 2. The van der Waals surface area contributed by atoms with E-state index in [0.717, 1.165) is 31.8 Å². The average molecular weight is 254 g/mol. The van der Waals surface area contributed by atoms with Crippen molar-refractivity contribution in [3.05, 3.63) is 0 Å². The summed E-state index contributed by atoms with van der Waals surface area (Å²) >= 11 is 0. The lowest BCUT2D eigenvalue weighted by atomic mass is 10.3. The van der Waals surface area contributed by atoms with Gasteiger partial charge in [-0.15, -0.1) is 0 Å². The third kappa shape index (κ3) is 7.14. The monoisotopic (exact) mass is 254 g/mol. The first-order chi connectivity index (χ1) is 8.61. The molecular weight excluding hydrogens is 228 g/mol. The first-order valence-electron chi connectivity index (χ1n) is 6.96. The molecule has 5 heteroatoms. The molecule has 0 aliphatic heterocycles. The molecule has 0 aromatic heterocycles. The van der Waals surface area contributed by atoms with Crippen molar-refractivity contribution in [3.63, 3.8) is 0 Å². The highest BCUT2D eigenvalue weighted by Crippen LogP contribution is 2.18. The second kappa shape index (κ2) is 7.95. The van der Waals surface area contributed by atoms with Crippen LogP contribution < -0.4 is 16.0 Å². The lowest BCUT2D eigenvalue weighted by Crippen LogP contribution is -2.41. The second-order valence-electron chi connectivity index (χ2n) is 5.01. The summed E-state index contributed by atoms with van der Waals surface area (Å²) in [6.45, 7) is 7.73. The summed E-state index contributed by atoms with van der Waals surface area (Å²) < 4.78 is 0. The molecule has 0 unspecified atom stereocenters. The Morgan fingerprint density at radius 1 is 1.39 bits per heavy atom. The van der Waals surface area contributed by atoms with Crippen LogP contribution >= 0.6 is 0 Å². The summed E-state index contributed by atoms with van der Waals surface area (Å²) in [5, 5.41) is 9.41. The fourth-order valence-electron chi connectivity index (χ4n) is 1.55. The van der Waals surface area contributed by atoms with Gasteiger partial charge in [0.15, 0.2) is 5.96 Å². The lowest BCUT2D eigenvalue weighted by Gasteiger charge is -2.13. The van der Waals surface area contributed by atoms with Crippen molar-refractivity contribution in [3.8, 4) is 0 Å². The number of carbonyl (C=O) groups is 1. The summed E-state index contributed by atoms with van der Waals surface area (Å²) in [4.78, 5) is 15.9. The molecule has 0 heterocycles. The van der Waals surface area contributed by atoms with Crippen molar-refractivity contribution in [1.82, 2.24) is 16.0 Å². The normalized spacial score (nSPS) is 15.7. The number of nitrogens with zero attached hydrogens (tertiary/aromatic N) is 1. The fourth-order valence-corrected chi connectivity index (χ4v) is 1.55. The summed E-state index contributed by atoms with van der Waals surface area (Å²) in [6, 6.07) is 0.821. The van der Waals surface area contributed by atoms with Gasteiger partial charge >= 0.3 is 0 Å². The number of nitrogens with one attached hydrogen (secondary N) is 3. The van der Waals surface area contributed by atoms with Crippen molar-refractivity contribution in [2.45, 2.75) is 58.5 Å². The Balaban J connectivity index is 2.16. The largest absolute Gasteiger partial charge is 0.357 e. The van der Waals surface area contributed by atoms with Gasteiger partial charge in [0.2, 0.25) is 5.91 Å². The fraction of sp³-hybridized carbons (Fsp3) is 0.846. The van der Waals surface area contributed by atoms with E-state index in [1.165, 1.54) is 0 Å². The van der Waals surface area contributed by atoms with Crippen LogP contribution in [-0.2, 0) is 4.79 Å². The highest BCUT2D eigenvalue weighted by Gasteiger charge is 2.22. The molecule has 1 fully saturated rings. The maximum Gasteiger partial charge on any atom is 0.220 e. The zero-order chi connectivity index (χ0) is 13.4. The van der Waals surface area contributed by atoms with E-state index in [1.807, 2.05) is 6.92 Å². The number of aliphatic imine (C=N–C) groups is 1. The predicted molar refractivity (Wildman–Crippen MR) is 74.6 cm³/mol. The van der Waals surface area contributed by atoms with Gasteiger partial charge < -0.3 is 16.0 Å². The highest BCUT2D eigenvalue weighted by molar-refractivity contribution is 5.80. The topological polar surface area (TPSA) is 65.5 Å². The minimum Gasteiger partial charge on any atom is -0.357 e. The minimum atomic E-state index is 0.162. The van der Waals surface area contributed by atoms with Gasteiger partial charge in [0.1, 0.15) is 0 Å². The first kappa shape index (κ1) is 14.8. The summed E-state index contributed by atoms with van der Waals surface area (Å²) in [5.74, 6) is 0.990. The Morgan fingerprint density at radius 2 is 2.11 bits per heavy atom. The third-order valence-corrected chi connectivity index (χ3v) is 2.54. The summed E-state index contributed by atoms with van der Waals surface area (Å²) in [6.07, 6.45) is 3.66. The quantitative estimate of drug-likeness (QED) is 0.361. The number of carbonyl (C=O) groups excluding carboxylic acids is 1. The molecule has 0 aromatic rings. The Labute approximate surface area is 110 Å². The molecule has 3 N–H and O–H groups in total. The van der Waals surface area contributed by atoms with E-state index in [2.05, 4.69) is 34.8 Å². The molecular formula is C13H26N4O. The average Bonchev–Trinajstić information content (AvgIpc) is 3.07. The van der Waals surface area contributed by atoms with Crippen molar-refractivity contribution in [2.24, 2.45) is 4.99 Å². The SMILES string of the molecule is CCNC(=NCCCC(=O)NC1CC1)NC(C)C. The van der Waals surface area contributed by atoms with Crippen molar-refractivity contribution < 1.29 is 4.79 Å². The van der Waals surface area contributed by atoms with E-state index in [4.69, 9.17) is 0 Å². The Bertz CT molecular complexity index is 285. The van der Waals surface area contributed by atoms with Crippen LogP contribution in [0.15, 0.2) is 4.99 Å². The maximum atomic E-state index is 11.5. The van der Waals surface area contributed by atoms with Crippen LogP contribution in [-0.4, -0.2) is 37.0 Å². The summed E-state index contributed by atoms with van der Waals surface area (Å²) in [7, 11) is 0. The van der Waals surface area contributed by atoms with E-state index < -0.39 is 0 Å². The van der Waals surface area contributed by atoms with Crippen LogP contribution in [0.3, 0.4) is 0 Å². The number of amides is 1. The van der Waals surface area contributed by atoms with Crippen LogP contribution in [0.4, 0.5) is 0 Å². The van der Waals surface area contributed by atoms with Gasteiger partial charge in [0, 0.05) is 31.6 Å². The molecule has 1 rings (SSSR count).